The first-order valence-corrected chi connectivity index (χ1v) is 10.6. The molecule has 28 heavy (non-hydrogen) atoms. The van der Waals surface area contributed by atoms with Gasteiger partial charge in [0.15, 0.2) is 0 Å². The molecule has 2 atom stereocenters. The second-order valence-electron chi connectivity index (χ2n) is 7.36. The van der Waals surface area contributed by atoms with Crippen LogP contribution in [0.25, 0.3) is 10.2 Å². The number of ether oxygens (including phenoxy) is 1. The van der Waals surface area contributed by atoms with Gasteiger partial charge in [0.2, 0.25) is 0 Å². The first-order chi connectivity index (χ1) is 13.5. The van der Waals surface area contributed by atoms with Crippen LogP contribution in [0.5, 0.6) is 0 Å². The number of thiophene rings is 1. The lowest BCUT2D eigenvalue weighted by molar-refractivity contribution is -0.148. The van der Waals surface area contributed by atoms with Crippen molar-refractivity contribution in [2.24, 2.45) is 5.92 Å². The molecule has 1 aliphatic carbocycles. The van der Waals surface area contributed by atoms with Crippen molar-refractivity contribution in [3.63, 3.8) is 0 Å². The molecule has 0 fully saturated rings. The first-order valence-electron chi connectivity index (χ1n) is 9.37. The molecule has 5 nitrogen and oxygen atoms in total. The van der Waals surface area contributed by atoms with Gasteiger partial charge in [0.05, 0.1) is 11.7 Å². The smallest absolute Gasteiger partial charge is 0.329 e. The van der Waals surface area contributed by atoms with Crippen LogP contribution in [0.2, 0.25) is 5.02 Å². The second-order valence-corrected chi connectivity index (χ2v) is 8.85. The fourth-order valence-electron chi connectivity index (χ4n) is 3.62. The number of benzene rings is 1. The summed E-state index contributed by atoms with van der Waals surface area (Å²) in [4.78, 5) is 32.1. The quantitative estimate of drug-likeness (QED) is 0.586. The zero-order chi connectivity index (χ0) is 19.8. The van der Waals surface area contributed by atoms with E-state index in [0.29, 0.717) is 16.3 Å². The fraction of sp³-hybridized carbons (Fsp3) is 0.381. The van der Waals surface area contributed by atoms with Crippen molar-refractivity contribution >= 4 is 39.1 Å². The van der Waals surface area contributed by atoms with Gasteiger partial charge in [-0.3, -0.25) is 9.36 Å². The van der Waals surface area contributed by atoms with E-state index in [1.807, 2.05) is 12.1 Å². The number of nitrogens with zero attached hydrogens (tertiary/aromatic N) is 2. The Morgan fingerprint density at radius 3 is 3.00 bits per heavy atom. The summed E-state index contributed by atoms with van der Waals surface area (Å²) in [6.45, 7) is 3.96. The van der Waals surface area contributed by atoms with Crippen molar-refractivity contribution in [1.82, 2.24) is 9.55 Å². The molecule has 2 heterocycles. The van der Waals surface area contributed by atoms with Crippen LogP contribution in [0.15, 0.2) is 35.4 Å². The summed E-state index contributed by atoms with van der Waals surface area (Å²) >= 11 is 7.70. The Labute approximate surface area is 171 Å². The number of hydrogen-bond acceptors (Lipinski definition) is 5. The van der Waals surface area contributed by atoms with Gasteiger partial charge in [-0.2, -0.15) is 0 Å². The Balaban J connectivity index is 1.60. The van der Waals surface area contributed by atoms with Crippen LogP contribution in [0, 0.1) is 5.92 Å². The topological polar surface area (TPSA) is 61.2 Å². The Morgan fingerprint density at radius 1 is 1.43 bits per heavy atom. The molecule has 0 amide bonds. The van der Waals surface area contributed by atoms with Crippen LogP contribution in [0.4, 0.5) is 0 Å². The predicted octanol–water partition coefficient (Wildman–Crippen LogP) is 4.54. The van der Waals surface area contributed by atoms with E-state index in [1.54, 1.807) is 30.4 Å². The van der Waals surface area contributed by atoms with Gasteiger partial charge in [0.1, 0.15) is 17.5 Å². The summed E-state index contributed by atoms with van der Waals surface area (Å²) in [7, 11) is 0. The molecule has 2 aromatic heterocycles. The van der Waals surface area contributed by atoms with Crippen LogP contribution in [0.1, 0.15) is 42.3 Å². The van der Waals surface area contributed by atoms with Crippen LogP contribution in [-0.4, -0.2) is 15.5 Å². The van der Waals surface area contributed by atoms with Gasteiger partial charge >= 0.3 is 5.97 Å². The van der Waals surface area contributed by atoms with E-state index in [-0.39, 0.29) is 12.2 Å². The highest BCUT2D eigenvalue weighted by molar-refractivity contribution is 7.18. The molecule has 0 aliphatic heterocycles. The monoisotopic (exact) mass is 416 g/mol. The van der Waals surface area contributed by atoms with Gasteiger partial charge in [-0.15, -0.1) is 11.3 Å². The highest BCUT2D eigenvalue weighted by atomic mass is 35.5. The van der Waals surface area contributed by atoms with E-state index in [1.165, 1.54) is 15.8 Å². The summed E-state index contributed by atoms with van der Waals surface area (Å²) < 4.78 is 6.77. The largest absolute Gasteiger partial charge is 0.459 e. The normalized spacial score (nSPS) is 17.3. The van der Waals surface area contributed by atoms with Crippen molar-refractivity contribution in [1.29, 1.82) is 0 Å². The number of halogens is 1. The van der Waals surface area contributed by atoms with Gasteiger partial charge in [0, 0.05) is 15.5 Å². The zero-order valence-corrected chi connectivity index (χ0v) is 17.3. The molecule has 3 aromatic rings. The Kier molecular flexibility index (Phi) is 5.25. The molecule has 7 heteroatoms. The number of carbonyl (C=O) groups is 1. The summed E-state index contributed by atoms with van der Waals surface area (Å²) in [5.41, 5.74) is 1.67. The van der Waals surface area contributed by atoms with Crippen molar-refractivity contribution < 1.29 is 9.53 Å². The second kappa shape index (κ2) is 7.68. The maximum Gasteiger partial charge on any atom is 0.329 e. The maximum atomic E-state index is 13.1. The summed E-state index contributed by atoms with van der Waals surface area (Å²) in [5.74, 6) is 0.141. The van der Waals surface area contributed by atoms with E-state index < -0.39 is 12.0 Å². The maximum absolute atomic E-state index is 13.1. The Hall–Kier alpha value is -2.18. The zero-order valence-electron chi connectivity index (χ0n) is 15.8. The van der Waals surface area contributed by atoms with E-state index >= 15 is 0 Å². The molecule has 146 valence electrons. The molecule has 0 unspecified atom stereocenters. The summed E-state index contributed by atoms with van der Waals surface area (Å²) in [6.07, 6.45) is 4.41. The van der Waals surface area contributed by atoms with Crippen molar-refractivity contribution in [2.45, 2.75) is 45.8 Å². The molecule has 1 aliphatic rings. The number of esters is 1. The number of fused-ring (bicyclic) bond motifs is 3. The summed E-state index contributed by atoms with van der Waals surface area (Å²) in [5, 5.41) is 1.21. The standard InChI is InChI=1S/C21H21ClN2O3S/c1-12-7-8-15-17(9-12)28-19-18(15)20(25)24(11-23-19)13(2)21(26)27-10-14-5-3-4-6-16(14)22/h3-6,11-13H,7-10H2,1-2H3/t12-,13+/m0/s1. The molecule has 0 spiro atoms. The predicted molar refractivity (Wildman–Crippen MR) is 111 cm³/mol. The van der Waals surface area contributed by atoms with E-state index in [2.05, 4.69) is 11.9 Å². The van der Waals surface area contributed by atoms with Crippen molar-refractivity contribution in [2.75, 3.05) is 0 Å². The van der Waals surface area contributed by atoms with Crippen LogP contribution in [-0.2, 0) is 29.0 Å². The third-order valence-electron chi connectivity index (χ3n) is 5.33. The molecule has 0 saturated carbocycles. The lowest BCUT2D eigenvalue weighted by Crippen LogP contribution is -2.29. The molecule has 4 rings (SSSR count). The molecule has 0 saturated heterocycles. The van der Waals surface area contributed by atoms with Gasteiger partial charge in [-0.05, 0) is 43.7 Å². The van der Waals surface area contributed by atoms with E-state index in [4.69, 9.17) is 16.3 Å². The van der Waals surface area contributed by atoms with Crippen LogP contribution >= 0.6 is 22.9 Å². The number of carbonyl (C=O) groups excluding carboxylic acids is 1. The minimum absolute atomic E-state index is 0.0685. The average molecular weight is 417 g/mol. The van der Waals surface area contributed by atoms with Crippen molar-refractivity contribution in [3.05, 3.63) is 62.0 Å². The highest BCUT2D eigenvalue weighted by Crippen LogP contribution is 2.35. The Morgan fingerprint density at radius 2 is 2.21 bits per heavy atom. The average Bonchev–Trinajstić information content (AvgIpc) is 3.05. The SMILES string of the molecule is C[C@H]1CCc2c(sc3ncn([C@H](C)C(=O)OCc4ccccc4Cl)c(=O)c23)C1. The van der Waals surface area contributed by atoms with Gasteiger partial charge in [-0.25, -0.2) is 9.78 Å². The molecular weight excluding hydrogens is 396 g/mol. The highest BCUT2D eigenvalue weighted by Gasteiger charge is 2.25. The van der Waals surface area contributed by atoms with Gasteiger partial charge < -0.3 is 4.74 Å². The first kappa shape index (κ1) is 19.2. The number of aryl methyl sites for hydroxylation is 1. The van der Waals surface area contributed by atoms with Gasteiger partial charge in [0.25, 0.3) is 5.56 Å². The number of hydrogen-bond donors (Lipinski definition) is 0. The van der Waals surface area contributed by atoms with Crippen molar-refractivity contribution in [3.8, 4) is 0 Å². The molecule has 1 aromatic carbocycles. The molecule has 0 bridgehead atoms. The third-order valence-corrected chi connectivity index (χ3v) is 6.86. The van der Waals surface area contributed by atoms with Crippen LogP contribution in [0.3, 0.4) is 0 Å². The van der Waals surface area contributed by atoms with E-state index in [0.717, 1.165) is 35.2 Å². The lowest BCUT2D eigenvalue weighted by Gasteiger charge is -2.18. The summed E-state index contributed by atoms with van der Waals surface area (Å²) in [6, 6.07) is 6.45. The molecule has 0 radical (unpaired) electrons. The lowest BCUT2D eigenvalue weighted by atomic mass is 9.89. The number of aromatic nitrogens is 2. The minimum Gasteiger partial charge on any atom is -0.459 e. The Bertz CT molecular complexity index is 1100. The fourth-order valence-corrected chi connectivity index (χ4v) is 5.15. The van der Waals surface area contributed by atoms with Crippen LogP contribution < -0.4 is 5.56 Å². The van der Waals surface area contributed by atoms with Gasteiger partial charge in [-0.1, -0.05) is 36.7 Å². The molecular formula is C21H21ClN2O3S. The minimum atomic E-state index is -0.759. The number of rotatable bonds is 4. The van der Waals surface area contributed by atoms with E-state index in [9.17, 15) is 9.59 Å². The third kappa shape index (κ3) is 3.47. The molecule has 0 N–H and O–H groups in total.